The second-order valence-corrected chi connectivity index (χ2v) is 17.4. The lowest BCUT2D eigenvalue weighted by atomic mass is 9.77. The van der Waals surface area contributed by atoms with Crippen LogP contribution in [0.2, 0.25) is 5.02 Å². The number of fused-ring (bicyclic) bond motifs is 1. The molecule has 1 spiro atoms. The molecule has 1 N–H and O–H groups in total. The van der Waals surface area contributed by atoms with Crippen molar-refractivity contribution in [2.75, 3.05) is 93.8 Å². The number of ether oxygens (including phenoxy) is 1. The average Bonchev–Trinajstić information content (AvgIpc) is 3.76. The highest BCUT2D eigenvalue weighted by molar-refractivity contribution is 6.32. The zero-order valence-electron chi connectivity index (χ0n) is 33.1. The van der Waals surface area contributed by atoms with Gasteiger partial charge in [-0.15, -0.1) is 0 Å². The van der Waals surface area contributed by atoms with E-state index in [1.54, 1.807) is 25.3 Å². The maximum absolute atomic E-state index is 13.6. The SMILES string of the molecule is COC1(CN2CCN(c3ccc(C(=O)N4CCC5(CC4)CCN(c4ccc(C#N)c(Cl)c4)C5)cc3)CC2)CN(c2ccc3c(c2)C(=O)N(C2CCC(=O)NC2=O)C3=O)C1. The standard InChI is InChI=1S/C44H47ClN8O6/c1-59-44(27-52(28-44)32-8-9-34-35(22-32)42(58)53(41(34)57)37-10-11-38(54)47-39(37)55)26-48-18-20-49(21-19-48)31-5-2-29(3-6-31)40(56)50-15-12-43(13-16-50)14-17-51(25-43)33-7-4-30(24-46)36(45)23-33/h2-9,22-23,37H,10-21,25-28H2,1H3,(H,47,54,55). The van der Waals surface area contributed by atoms with E-state index in [2.05, 4.69) is 43.1 Å². The van der Waals surface area contributed by atoms with E-state index in [1.807, 2.05) is 35.2 Å². The van der Waals surface area contributed by atoms with E-state index in [9.17, 15) is 29.2 Å². The summed E-state index contributed by atoms with van der Waals surface area (Å²) in [6.07, 6.45) is 3.21. The predicted molar refractivity (Wildman–Crippen MR) is 221 cm³/mol. The van der Waals surface area contributed by atoms with Gasteiger partial charge < -0.3 is 24.3 Å². The van der Waals surface area contributed by atoms with Gasteiger partial charge in [0.1, 0.15) is 17.7 Å². The summed E-state index contributed by atoms with van der Waals surface area (Å²) in [6, 6.07) is 20.0. The summed E-state index contributed by atoms with van der Waals surface area (Å²) in [5.74, 6) is -1.97. The van der Waals surface area contributed by atoms with E-state index in [0.717, 1.165) is 100 Å². The van der Waals surface area contributed by atoms with Gasteiger partial charge in [-0.3, -0.25) is 39.1 Å². The topological polar surface area (TPSA) is 150 Å². The number of nitrogens with zero attached hydrogens (tertiary/aromatic N) is 7. The van der Waals surface area contributed by atoms with Crippen LogP contribution in [-0.4, -0.2) is 135 Å². The molecule has 0 aromatic heterocycles. The minimum atomic E-state index is -0.994. The number of halogens is 1. The second-order valence-electron chi connectivity index (χ2n) is 17.0. The Morgan fingerprint density at radius 2 is 1.46 bits per heavy atom. The number of piperidine rings is 2. The van der Waals surface area contributed by atoms with Gasteiger partial charge in [0.25, 0.3) is 17.7 Å². The molecule has 9 rings (SSSR count). The van der Waals surface area contributed by atoms with E-state index < -0.39 is 29.7 Å². The highest BCUT2D eigenvalue weighted by Gasteiger charge is 2.48. The maximum atomic E-state index is 13.6. The van der Waals surface area contributed by atoms with Crippen LogP contribution in [0.5, 0.6) is 0 Å². The Kier molecular flexibility index (Phi) is 10.1. The lowest BCUT2D eigenvalue weighted by Crippen LogP contribution is -2.68. The molecule has 14 nitrogen and oxygen atoms in total. The van der Waals surface area contributed by atoms with Crippen molar-refractivity contribution in [1.82, 2.24) is 20.0 Å². The van der Waals surface area contributed by atoms with Crippen molar-refractivity contribution in [3.05, 3.63) is 87.9 Å². The number of hydrogen-bond acceptors (Lipinski definition) is 11. The van der Waals surface area contributed by atoms with E-state index in [4.69, 9.17) is 16.3 Å². The normalized spacial score (nSPS) is 22.7. The third-order valence-corrected chi connectivity index (χ3v) is 13.8. The summed E-state index contributed by atoms with van der Waals surface area (Å²) in [7, 11) is 1.74. The smallest absolute Gasteiger partial charge is 0.262 e. The van der Waals surface area contributed by atoms with Crippen LogP contribution < -0.4 is 20.0 Å². The summed E-state index contributed by atoms with van der Waals surface area (Å²) in [6.45, 7) is 8.79. The lowest BCUT2D eigenvalue weighted by Gasteiger charge is -2.52. The molecule has 6 heterocycles. The number of carbonyl (C=O) groups is 5. The van der Waals surface area contributed by atoms with Crippen molar-refractivity contribution in [3.63, 3.8) is 0 Å². The van der Waals surface area contributed by atoms with E-state index in [0.29, 0.717) is 29.2 Å². The van der Waals surface area contributed by atoms with Gasteiger partial charge in [0.05, 0.1) is 34.8 Å². The molecule has 6 aliphatic rings. The van der Waals surface area contributed by atoms with Crippen LogP contribution in [0, 0.1) is 16.7 Å². The minimum absolute atomic E-state index is 0.0781. The summed E-state index contributed by atoms with van der Waals surface area (Å²) < 4.78 is 6.08. The molecule has 0 bridgehead atoms. The summed E-state index contributed by atoms with van der Waals surface area (Å²) in [4.78, 5) is 76.5. The van der Waals surface area contributed by atoms with Gasteiger partial charge in [-0.05, 0) is 91.8 Å². The monoisotopic (exact) mass is 818 g/mol. The molecular weight excluding hydrogens is 772 g/mol. The quantitative estimate of drug-likeness (QED) is 0.331. The third-order valence-electron chi connectivity index (χ3n) is 13.5. The summed E-state index contributed by atoms with van der Waals surface area (Å²) in [5, 5.41) is 12.0. The largest absolute Gasteiger partial charge is 0.373 e. The molecule has 6 aliphatic heterocycles. The first-order valence-electron chi connectivity index (χ1n) is 20.4. The van der Waals surface area contributed by atoms with Crippen LogP contribution in [0.1, 0.15) is 68.7 Å². The van der Waals surface area contributed by atoms with Crippen molar-refractivity contribution in [2.45, 2.75) is 43.7 Å². The zero-order chi connectivity index (χ0) is 41.1. The first-order chi connectivity index (χ1) is 28.5. The zero-order valence-corrected chi connectivity index (χ0v) is 33.9. The van der Waals surface area contributed by atoms with Gasteiger partial charge in [-0.25, -0.2) is 0 Å². The lowest BCUT2D eigenvalue weighted by molar-refractivity contribution is -0.136. The number of carbonyl (C=O) groups excluding carboxylic acids is 5. The van der Waals surface area contributed by atoms with Crippen LogP contribution in [0.3, 0.4) is 0 Å². The summed E-state index contributed by atoms with van der Waals surface area (Å²) in [5.41, 5.74) is 4.50. The van der Waals surface area contributed by atoms with Crippen LogP contribution >= 0.6 is 11.6 Å². The molecule has 5 fully saturated rings. The van der Waals surface area contributed by atoms with Crippen LogP contribution in [0.25, 0.3) is 0 Å². The van der Waals surface area contributed by atoms with Gasteiger partial charge in [-0.2, -0.15) is 5.26 Å². The van der Waals surface area contributed by atoms with E-state index in [-0.39, 0.29) is 40.9 Å². The molecule has 5 saturated heterocycles. The number of methoxy groups -OCH3 is 1. The van der Waals surface area contributed by atoms with Gasteiger partial charge in [0.15, 0.2) is 0 Å². The number of piperazine rings is 1. The second kappa shape index (κ2) is 15.3. The van der Waals surface area contributed by atoms with Gasteiger partial charge in [0, 0.05) is 95.1 Å². The Hall–Kier alpha value is -5.49. The number of rotatable bonds is 8. The Balaban J connectivity index is 0.741. The van der Waals surface area contributed by atoms with Crippen LogP contribution in [0.15, 0.2) is 60.7 Å². The van der Waals surface area contributed by atoms with Crippen molar-refractivity contribution >= 4 is 58.2 Å². The third kappa shape index (κ3) is 7.19. The number of nitrogens with one attached hydrogen (secondary N) is 1. The number of amides is 5. The summed E-state index contributed by atoms with van der Waals surface area (Å²) >= 11 is 6.32. The van der Waals surface area contributed by atoms with Crippen molar-refractivity contribution < 1.29 is 28.7 Å². The highest BCUT2D eigenvalue weighted by Crippen LogP contribution is 2.43. The molecular formula is C44H47ClN8O6. The first kappa shape index (κ1) is 39.0. The van der Waals surface area contributed by atoms with Gasteiger partial charge in [-0.1, -0.05) is 11.6 Å². The minimum Gasteiger partial charge on any atom is -0.373 e. The molecule has 3 aromatic carbocycles. The van der Waals surface area contributed by atoms with E-state index >= 15 is 0 Å². The van der Waals surface area contributed by atoms with Crippen LogP contribution in [-0.2, 0) is 14.3 Å². The number of anilines is 3. The average molecular weight is 819 g/mol. The van der Waals surface area contributed by atoms with E-state index in [1.165, 1.54) is 0 Å². The first-order valence-corrected chi connectivity index (χ1v) is 20.8. The molecule has 15 heteroatoms. The predicted octanol–water partition coefficient (Wildman–Crippen LogP) is 3.77. The van der Waals surface area contributed by atoms with Crippen molar-refractivity contribution in [2.24, 2.45) is 5.41 Å². The number of benzene rings is 3. The van der Waals surface area contributed by atoms with Crippen LogP contribution in [0.4, 0.5) is 17.1 Å². The fourth-order valence-electron chi connectivity index (χ4n) is 9.89. The Labute approximate surface area is 348 Å². The van der Waals surface area contributed by atoms with Gasteiger partial charge in [0.2, 0.25) is 11.8 Å². The fourth-order valence-corrected chi connectivity index (χ4v) is 10.1. The molecule has 0 aliphatic carbocycles. The number of nitriles is 1. The van der Waals surface area contributed by atoms with Crippen molar-refractivity contribution in [1.29, 1.82) is 5.26 Å². The fraction of sp³-hybridized carbons (Fsp3) is 0.455. The molecule has 0 radical (unpaired) electrons. The Morgan fingerprint density at radius 1 is 0.797 bits per heavy atom. The molecule has 5 amide bonds. The van der Waals surface area contributed by atoms with Gasteiger partial charge >= 0.3 is 0 Å². The maximum Gasteiger partial charge on any atom is 0.262 e. The number of hydrogen-bond donors (Lipinski definition) is 1. The number of likely N-dealkylation sites (tertiary alicyclic amines) is 1. The molecule has 1 unspecified atom stereocenters. The number of imide groups is 2. The molecule has 1 atom stereocenters. The Bertz CT molecular complexity index is 2260. The Morgan fingerprint density at radius 3 is 2.14 bits per heavy atom. The molecule has 59 heavy (non-hydrogen) atoms. The molecule has 0 saturated carbocycles. The van der Waals surface area contributed by atoms with Crippen molar-refractivity contribution in [3.8, 4) is 6.07 Å². The molecule has 306 valence electrons. The highest BCUT2D eigenvalue weighted by atomic mass is 35.5. The molecule has 3 aromatic rings.